The van der Waals surface area contributed by atoms with Gasteiger partial charge in [0.25, 0.3) is 0 Å². The summed E-state index contributed by atoms with van der Waals surface area (Å²) in [6.07, 6.45) is 2.84. The fourth-order valence-electron chi connectivity index (χ4n) is 1.88. The van der Waals surface area contributed by atoms with E-state index >= 15 is 0 Å². The Morgan fingerprint density at radius 1 is 1.50 bits per heavy atom. The van der Waals surface area contributed by atoms with Crippen LogP contribution in [0.5, 0.6) is 0 Å². The van der Waals surface area contributed by atoms with Crippen LogP contribution in [0.25, 0.3) is 0 Å². The van der Waals surface area contributed by atoms with Crippen LogP contribution < -0.4 is 0 Å². The SMILES string of the molecule is C=C(C)C1OC1OCCN1CCCC1. The second kappa shape index (κ2) is 4.43. The average Bonchev–Trinajstić information content (AvgIpc) is 2.73. The Morgan fingerprint density at radius 2 is 2.21 bits per heavy atom. The Balaban J connectivity index is 1.54. The highest BCUT2D eigenvalue weighted by molar-refractivity contribution is 5.06. The maximum Gasteiger partial charge on any atom is 0.188 e. The van der Waals surface area contributed by atoms with Crippen LogP contribution in [-0.2, 0) is 9.47 Å². The highest BCUT2D eigenvalue weighted by Crippen LogP contribution is 2.28. The Labute approximate surface area is 85.7 Å². The fourth-order valence-corrected chi connectivity index (χ4v) is 1.88. The zero-order valence-corrected chi connectivity index (χ0v) is 8.87. The number of hydrogen-bond donors (Lipinski definition) is 0. The third kappa shape index (κ3) is 2.56. The van der Waals surface area contributed by atoms with Crippen LogP contribution in [0.15, 0.2) is 12.2 Å². The second-order valence-electron chi connectivity index (χ2n) is 4.19. The van der Waals surface area contributed by atoms with Gasteiger partial charge in [-0.1, -0.05) is 6.58 Å². The molecule has 0 radical (unpaired) electrons. The minimum absolute atomic E-state index is 0.00453. The standard InChI is InChI=1S/C11H19NO2/c1-9(2)10-11(14-10)13-8-7-12-5-3-4-6-12/h10-11H,1,3-8H2,2H3. The number of epoxide rings is 1. The molecule has 0 bridgehead atoms. The lowest BCUT2D eigenvalue weighted by Crippen LogP contribution is -2.24. The number of rotatable bonds is 5. The molecule has 2 heterocycles. The third-order valence-corrected chi connectivity index (χ3v) is 2.83. The minimum Gasteiger partial charge on any atom is -0.348 e. The van der Waals surface area contributed by atoms with Crippen molar-refractivity contribution >= 4 is 0 Å². The van der Waals surface area contributed by atoms with Crippen LogP contribution >= 0.6 is 0 Å². The first-order valence-corrected chi connectivity index (χ1v) is 5.42. The smallest absolute Gasteiger partial charge is 0.188 e. The molecule has 3 heteroatoms. The summed E-state index contributed by atoms with van der Waals surface area (Å²) < 4.78 is 10.9. The number of ether oxygens (including phenoxy) is 2. The lowest BCUT2D eigenvalue weighted by Gasteiger charge is -2.13. The molecular weight excluding hydrogens is 178 g/mol. The molecule has 0 spiro atoms. The molecule has 0 amide bonds. The minimum atomic E-state index is -0.00453. The Kier molecular flexibility index (Phi) is 3.21. The van der Waals surface area contributed by atoms with Crippen molar-refractivity contribution in [2.75, 3.05) is 26.2 Å². The van der Waals surface area contributed by atoms with Gasteiger partial charge in [0.05, 0.1) is 6.61 Å². The van der Waals surface area contributed by atoms with Gasteiger partial charge in [-0.15, -0.1) is 0 Å². The van der Waals surface area contributed by atoms with E-state index in [-0.39, 0.29) is 12.4 Å². The van der Waals surface area contributed by atoms with Crippen molar-refractivity contribution in [1.29, 1.82) is 0 Å². The predicted molar refractivity (Wildman–Crippen MR) is 55.1 cm³/mol. The molecule has 0 aromatic carbocycles. The first-order valence-electron chi connectivity index (χ1n) is 5.42. The Morgan fingerprint density at radius 3 is 2.79 bits per heavy atom. The van der Waals surface area contributed by atoms with E-state index in [1.165, 1.54) is 25.9 Å². The molecule has 3 nitrogen and oxygen atoms in total. The molecule has 2 aliphatic heterocycles. The van der Waals surface area contributed by atoms with Gasteiger partial charge in [-0.25, -0.2) is 0 Å². The molecule has 80 valence electrons. The molecule has 2 saturated heterocycles. The van der Waals surface area contributed by atoms with Gasteiger partial charge in [-0.2, -0.15) is 0 Å². The maximum absolute atomic E-state index is 5.56. The summed E-state index contributed by atoms with van der Waals surface area (Å²) >= 11 is 0. The summed E-state index contributed by atoms with van der Waals surface area (Å²) in [6.45, 7) is 10.1. The average molecular weight is 197 g/mol. The van der Waals surface area contributed by atoms with E-state index in [4.69, 9.17) is 9.47 Å². The van der Waals surface area contributed by atoms with E-state index in [0.29, 0.717) is 0 Å². The van der Waals surface area contributed by atoms with Gasteiger partial charge in [0.15, 0.2) is 6.29 Å². The molecular formula is C11H19NO2. The van der Waals surface area contributed by atoms with E-state index in [2.05, 4.69) is 11.5 Å². The second-order valence-corrected chi connectivity index (χ2v) is 4.19. The molecule has 0 aromatic rings. The van der Waals surface area contributed by atoms with Crippen molar-refractivity contribution < 1.29 is 9.47 Å². The van der Waals surface area contributed by atoms with Crippen molar-refractivity contribution in [3.05, 3.63) is 12.2 Å². The molecule has 0 aromatic heterocycles. The van der Waals surface area contributed by atoms with Crippen molar-refractivity contribution in [1.82, 2.24) is 4.90 Å². The van der Waals surface area contributed by atoms with Crippen LogP contribution in [0, 0.1) is 0 Å². The monoisotopic (exact) mass is 197 g/mol. The molecule has 14 heavy (non-hydrogen) atoms. The zero-order chi connectivity index (χ0) is 9.97. The molecule has 0 saturated carbocycles. The van der Waals surface area contributed by atoms with Crippen molar-refractivity contribution in [3.63, 3.8) is 0 Å². The highest BCUT2D eigenvalue weighted by Gasteiger charge is 2.40. The van der Waals surface area contributed by atoms with Gasteiger partial charge in [-0.05, 0) is 38.4 Å². The topological polar surface area (TPSA) is 25.0 Å². The molecule has 2 unspecified atom stereocenters. The lowest BCUT2D eigenvalue weighted by atomic mass is 10.2. The van der Waals surface area contributed by atoms with E-state index in [0.717, 1.165) is 18.7 Å². The van der Waals surface area contributed by atoms with Crippen LogP contribution in [0.2, 0.25) is 0 Å². The summed E-state index contributed by atoms with van der Waals surface area (Å²) in [4.78, 5) is 2.44. The van der Waals surface area contributed by atoms with Crippen molar-refractivity contribution in [2.24, 2.45) is 0 Å². The molecule has 2 atom stereocenters. The fraction of sp³-hybridized carbons (Fsp3) is 0.818. The summed E-state index contributed by atoms with van der Waals surface area (Å²) in [5, 5.41) is 0. The number of hydrogen-bond acceptors (Lipinski definition) is 3. The number of nitrogens with zero attached hydrogens (tertiary/aromatic N) is 1. The van der Waals surface area contributed by atoms with Crippen LogP contribution in [0.1, 0.15) is 19.8 Å². The van der Waals surface area contributed by atoms with E-state index in [1.807, 2.05) is 6.92 Å². The summed E-state index contributed by atoms with van der Waals surface area (Å²) in [5.74, 6) is 0. The summed E-state index contributed by atoms with van der Waals surface area (Å²) in [5.41, 5.74) is 1.07. The molecule has 2 fully saturated rings. The first kappa shape index (κ1) is 10.1. The van der Waals surface area contributed by atoms with Crippen LogP contribution in [0.3, 0.4) is 0 Å². The van der Waals surface area contributed by atoms with Crippen LogP contribution in [-0.4, -0.2) is 43.5 Å². The van der Waals surface area contributed by atoms with E-state index in [1.54, 1.807) is 0 Å². The summed E-state index contributed by atoms with van der Waals surface area (Å²) in [6, 6.07) is 0. The van der Waals surface area contributed by atoms with Gasteiger partial charge in [0.2, 0.25) is 0 Å². The first-order chi connectivity index (χ1) is 6.77. The van der Waals surface area contributed by atoms with Gasteiger partial charge < -0.3 is 14.4 Å². The predicted octanol–water partition coefficient (Wildman–Crippen LogP) is 1.40. The molecule has 0 aliphatic carbocycles. The molecule has 2 rings (SSSR count). The maximum atomic E-state index is 5.56. The molecule has 2 aliphatic rings. The zero-order valence-electron chi connectivity index (χ0n) is 8.87. The van der Waals surface area contributed by atoms with Crippen molar-refractivity contribution in [3.8, 4) is 0 Å². The highest BCUT2D eigenvalue weighted by atomic mass is 16.8. The van der Waals surface area contributed by atoms with E-state index < -0.39 is 0 Å². The van der Waals surface area contributed by atoms with E-state index in [9.17, 15) is 0 Å². The van der Waals surface area contributed by atoms with Gasteiger partial charge >= 0.3 is 0 Å². The van der Waals surface area contributed by atoms with Crippen LogP contribution in [0.4, 0.5) is 0 Å². The third-order valence-electron chi connectivity index (χ3n) is 2.83. The lowest BCUT2D eigenvalue weighted by molar-refractivity contribution is 0.0389. The Hall–Kier alpha value is -0.380. The largest absolute Gasteiger partial charge is 0.348 e. The van der Waals surface area contributed by atoms with Crippen molar-refractivity contribution in [2.45, 2.75) is 32.2 Å². The van der Waals surface area contributed by atoms with Gasteiger partial charge in [-0.3, -0.25) is 0 Å². The summed E-state index contributed by atoms with van der Waals surface area (Å²) in [7, 11) is 0. The molecule has 0 N–H and O–H groups in total. The Bertz CT molecular complexity index is 211. The quantitative estimate of drug-likeness (QED) is 0.492. The van der Waals surface area contributed by atoms with Gasteiger partial charge in [0, 0.05) is 6.54 Å². The van der Waals surface area contributed by atoms with Gasteiger partial charge in [0.1, 0.15) is 6.10 Å². The normalized spacial score (nSPS) is 32.1. The number of likely N-dealkylation sites (tertiary alicyclic amines) is 1.